The molecule has 0 fully saturated rings. The minimum absolute atomic E-state index is 0.513. The van der Waals surface area contributed by atoms with Gasteiger partial charge in [-0.05, 0) is 113 Å². The fourth-order valence-electron chi connectivity index (χ4n) is 4.71. The van der Waals surface area contributed by atoms with E-state index in [0.29, 0.717) is 11.8 Å². The summed E-state index contributed by atoms with van der Waals surface area (Å²) in [7, 11) is 0. The van der Waals surface area contributed by atoms with E-state index in [0.717, 1.165) is 24.2 Å². The van der Waals surface area contributed by atoms with Crippen LogP contribution in [0.5, 0.6) is 0 Å². The molecule has 0 N–H and O–H groups in total. The van der Waals surface area contributed by atoms with E-state index in [1.165, 1.54) is 44.8 Å². The lowest BCUT2D eigenvalue weighted by atomic mass is 9.95. The highest BCUT2D eigenvalue weighted by Gasteiger charge is 2.09. The number of aromatic nitrogens is 2. The first-order valence-corrected chi connectivity index (χ1v) is 13.1. The van der Waals surface area contributed by atoms with Gasteiger partial charge in [-0.3, -0.25) is 9.97 Å². The summed E-state index contributed by atoms with van der Waals surface area (Å²) in [5, 5.41) is 0. The topological polar surface area (TPSA) is 25.8 Å². The molecular formula is C34H42N2. The highest BCUT2D eigenvalue weighted by atomic mass is 14.7. The van der Waals surface area contributed by atoms with Crippen molar-refractivity contribution in [2.45, 2.75) is 80.1 Å². The monoisotopic (exact) mass is 478 g/mol. The molecule has 0 spiro atoms. The molecule has 0 bridgehead atoms. The van der Waals surface area contributed by atoms with E-state index in [4.69, 9.17) is 0 Å². The number of rotatable bonds is 6. The maximum Gasteiger partial charge on any atom is 0.0415 e. The quantitative estimate of drug-likeness (QED) is 0.277. The third-order valence-corrected chi connectivity index (χ3v) is 6.63. The van der Waals surface area contributed by atoms with E-state index < -0.39 is 0 Å². The van der Waals surface area contributed by atoms with Gasteiger partial charge in [-0.1, -0.05) is 73.5 Å². The molecule has 2 aromatic heterocycles. The summed E-state index contributed by atoms with van der Waals surface area (Å²) in [6.45, 7) is 17.2. The van der Waals surface area contributed by atoms with Gasteiger partial charge >= 0.3 is 0 Å². The second kappa shape index (κ2) is 12.6. The summed E-state index contributed by atoms with van der Waals surface area (Å²) >= 11 is 0. The van der Waals surface area contributed by atoms with Gasteiger partial charge in [0.25, 0.3) is 0 Å². The van der Waals surface area contributed by atoms with Crippen LogP contribution in [0.1, 0.15) is 81.8 Å². The molecule has 4 aromatic rings. The minimum Gasteiger partial charge on any atom is -0.258 e. The Morgan fingerprint density at radius 1 is 0.472 bits per heavy atom. The second-order valence-corrected chi connectivity index (χ2v) is 10.6. The lowest BCUT2D eigenvalue weighted by Gasteiger charge is -2.12. The van der Waals surface area contributed by atoms with Gasteiger partial charge in [0.05, 0.1) is 0 Å². The van der Waals surface area contributed by atoms with E-state index >= 15 is 0 Å². The molecule has 2 atom stereocenters. The first-order chi connectivity index (χ1) is 17.1. The van der Waals surface area contributed by atoms with E-state index in [2.05, 4.69) is 138 Å². The van der Waals surface area contributed by atoms with Gasteiger partial charge in [0.1, 0.15) is 0 Å². The number of hydrogen-bond donors (Lipinski definition) is 0. The molecular weight excluding hydrogens is 436 g/mol. The molecule has 2 aromatic carbocycles. The largest absolute Gasteiger partial charge is 0.258 e. The zero-order chi connectivity index (χ0) is 26.2. The van der Waals surface area contributed by atoms with Crippen molar-refractivity contribution >= 4 is 0 Å². The summed E-state index contributed by atoms with van der Waals surface area (Å²) in [5.74, 6) is 1.03. The Bertz CT molecular complexity index is 1110. The van der Waals surface area contributed by atoms with Crippen molar-refractivity contribution in [3.8, 4) is 0 Å². The highest BCUT2D eigenvalue weighted by molar-refractivity contribution is 5.28. The van der Waals surface area contributed by atoms with E-state index in [1.54, 1.807) is 0 Å². The predicted molar refractivity (Wildman–Crippen MR) is 154 cm³/mol. The Morgan fingerprint density at radius 2 is 0.806 bits per heavy atom. The Balaban J connectivity index is 0.000000201. The number of benzene rings is 2. The Morgan fingerprint density at radius 3 is 1.11 bits per heavy atom. The van der Waals surface area contributed by atoms with Crippen LogP contribution in [0.15, 0.2) is 72.8 Å². The molecule has 2 nitrogen and oxygen atoms in total. The van der Waals surface area contributed by atoms with Gasteiger partial charge in [-0.25, -0.2) is 0 Å². The molecule has 2 unspecified atom stereocenters. The molecule has 0 aliphatic heterocycles. The van der Waals surface area contributed by atoms with Crippen molar-refractivity contribution in [1.29, 1.82) is 0 Å². The van der Waals surface area contributed by atoms with Crippen LogP contribution in [0.3, 0.4) is 0 Å². The maximum atomic E-state index is 4.62. The van der Waals surface area contributed by atoms with E-state index in [1.807, 2.05) is 0 Å². The van der Waals surface area contributed by atoms with Crippen LogP contribution < -0.4 is 0 Å². The smallest absolute Gasteiger partial charge is 0.0415 e. The van der Waals surface area contributed by atoms with Crippen LogP contribution in [-0.2, 0) is 12.8 Å². The predicted octanol–water partition coefficient (Wildman–Crippen LogP) is 8.71. The summed E-state index contributed by atoms with van der Waals surface area (Å²) in [5.41, 5.74) is 12.6. The first-order valence-electron chi connectivity index (χ1n) is 13.1. The van der Waals surface area contributed by atoms with E-state index in [9.17, 15) is 0 Å². The molecule has 2 heteroatoms. The van der Waals surface area contributed by atoms with Crippen molar-refractivity contribution in [1.82, 2.24) is 9.97 Å². The average Bonchev–Trinajstić information content (AvgIpc) is 2.79. The van der Waals surface area contributed by atoms with Gasteiger partial charge in [0.2, 0.25) is 0 Å². The van der Waals surface area contributed by atoms with Gasteiger partial charge < -0.3 is 0 Å². The van der Waals surface area contributed by atoms with Crippen molar-refractivity contribution in [3.05, 3.63) is 129 Å². The summed E-state index contributed by atoms with van der Waals surface area (Å²) in [6, 6.07) is 26.3. The SMILES string of the molecule is Cc1ccc(C(C)Cc2cc(C)cc(C)n2)cc1.Cc1ccc(C(C)Cc2cc(C)cc(C)n2)cc1. The second-order valence-electron chi connectivity index (χ2n) is 10.6. The van der Waals surface area contributed by atoms with Gasteiger partial charge in [-0.2, -0.15) is 0 Å². The van der Waals surface area contributed by atoms with Crippen LogP contribution in [0.4, 0.5) is 0 Å². The molecule has 36 heavy (non-hydrogen) atoms. The van der Waals surface area contributed by atoms with Gasteiger partial charge in [0.15, 0.2) is 0 Å². The number of aryl methyl sites for hydroxylation is 6. The average molecular weight is 479 g/mol. The normalized spacial score (nSPS) is 12.4. The first kappa shape index (κ1) is 27.3. The van der Waals surface area contributed by atoms with Crippen LogP contribution >= 0.6 is 0 Å². The van der Waals surface area contributed by atoms with Crippen LogP contribution in [0.25, 0.3) is 0 Å². The highest BCUT2D eigenvalue weighted by Crippen LogP contribution is 2.22. The number of pyridine rings is 2. The van der Waals surface area contributed by atoms with Crippen molar-refractivity contribution in [3.63, 3.8) is 0 Å². The molecule has 0 saturated heterocycles. The number of nitrogens with zero attached hydrogens (tertiary/aromatic N) is 2. The molecule has 0 amide bonds. The molecule has 0 aliphatic carbocycles. The third-order valence-electron chi connectivity index (χ3n) is 6.63. The zero-order valence-corrected chi connectivity index (χ0v) is 23.4. The Labute approximate surface area is 218 Å². The van der Waals surface area contributed by atoms with Crippen molar-refractivity contribution in [2.75, 3.05) is 0 Å². The van der Waals surface area contributed by atoms with Crippen molar-refractivity contribution < 1.29 is 0 Å². The molecule has 0 aliphatic rings. The summed E-state index contributed by atoms with van der Waals surface area (Å²) < 4.78 is 0. The minimum atomic E-state index is 0.513. The van der Waals surface area contributed by atoms with Crippen LogP contribution in [0, 0.1) is 41.5 Å². The van der Waals surface area contributed by atoms with Crippen LogP contribution in [0.2, 0.25) is 0 Å². The maximum absolute atomic E-state index is 4.62. The molecule has 2 heterocycles. The van der Waals surface area contributed by atoms with Crippen molar-refractivity contribution in [2.24, 2.45) is 0 Å². The third kappa shape index (κ3) is 8.45. The summed E-state index contributed by atoms with van der Waals surface area (Å²) in [6.07, 6.45) is 2.01. The Hall–Kier alpha value is -3.26. The number of hydrogen-bond acceptors (Lipinski definition) is 2. The molecule has 188 valence electrons. The fraction of sp³-hybridized carbons (Fsp3) is 0.353. The Kier molecular flexibility index (Phi) is 9.58. The van der Waals surface area contributed by atoms with Gasteiger partial charge in [0, 0.05) is 22.8 Å². The van der Waals surface area contributed by atoms with Gasteiger partial charge in [-0.15, -0.1) is 0 Å². The van der Waals surface area contributed by atoms with Crippen LogP contribution in [-0.4, -0.2) is 9.97 Å². The lowest BCUT2D eigenvalue weighted by Crippen LogP contribution is -2.02. The lowest BCUT2D eigenvalue weighted by molar-refractivity contribution is 0.737. The van der Waals surface area contributed by atoms with E-state index in [-0.39, 0.29) is 0 Å². The summed E-state index contributed by atoms with van der Waals surface area (Å²) in [4.78, 5) is 9.23. The fourth-order valence-corrected chi connectivity index (χ4v) is 4.71. The molecule has 0 radical (unpaired) electrons. The molecule has 0 saturated carbocycles. The standard InChI is InChI=1S/2C17H21N/c2*1-12-5-7-16(8-6-12)14(3)11-17-10-13(2)9-15(4)18-17/h2*5-10,14H,11H2,1-4H3. The molecule has 4 rings (SSSR count). The zero-order valence-electron chi connectivity index (χ0n) is 23.4.